The Balaban J connectivity index is 1.33. The number of nitrogens with zero attached hydrogens (tertiary/aromatic N) is 4. The number of thiazole rings is 1. The summed E-state index contributed by atoms with van der Waals surface area (Å²) in [4.78, 5) is 46.0. The molecule has 0 unspecified atom stereocenters. The number of halogens is 1. The van der Waals surface area contributed by atoms with Gasteiger partial charge in [0.1, 0.15) is 22.6 Å². The average Bonchev–Trinajstić information content (AvgIpc) is 3.60. The van der Waals surface area contributed by atoms with Crippen LogP contribution >= 0.6 is 11.3 Å². The zero-order valence-electron chi connectivity index (χ0n) is 21.3. The molecule has 2 amide bonds. The summed E-state index contributed by atoms with van der Waals surface area (Å²) in [6, 6.07) is 19.6. The van der Waals surface area contributed by atoms with E-state index in [-0.39, 0.29) is 16.7 Å². The molecule has 5 aromatic rings. The van der Waals surface area contributed by atoms with E-state index in [1.807, 2.05) is 31.2 Å². The van der Waals surface area contributed by atoms with Gasteiger partial charge in [-0.15, -0.1) is 5.10 Å². The molecule has 0 fully saturated rings. The molecule has 0 spiro atoms. The van der Waals surface area contributed by atoms with Crippen molar-refractivity contribution in [2.24, 2.45) is 0 Å². The molecule has 0 radical (unpaired) electrons. The molecule has 0 aliphatic carbocycles. The number of aromatic nitrogens is 3. The van der Waals surface area contributed by atoms with Gasteiger partial charge in [-0.2, -0.15) is 9.50 Å². The molecule has 1 aliphatic heterocycles. The third-order valence-corrected chi connectivity index (χ3v) is 7.35. The molecule has 1 N–H and O–H groups in total. The molecule has 9 nitrogen and oxygen atoms in total. The summed E-state index contributed by atoms with van der Waals surface area (Å²) in [7, 11) is 0. The normalized spacial score (nSPS) is 14.1. The third kappa shape index (κ3) is 4.60. The first-order chi connectivity index (χ1) is 19.4. The molecule has 40 heavy (non-hydrogen) atoms. The lowest BCUT2D eigenvalue weighted by molar-refractivity contribution is -0.118. The lowest BCUT2D eigenvalue weighted by Gasteiger charge is -2.16. The van der Waals surface area contributed by atoms with Crippen molar-refractivity contribution < 1.29 is 18.7 Å². The maximum atomic E-state index is 13.6. The summed E-state index contributed by atoms with van der Waals surface area (Å²) < 4.78 is 20.2. The first-order valence-corrected chi connectivity index (χ1v) is 13.4. The smallest absolute Gasteiger partial charge is 0.291 e. The van der Waals surface area contributed by atoms with Crippen LogP contribution in [-0.4, -0.2) is 39.6 Å². The minimum absolute atomic E-state index is 0.198. The van der Waals surface area contributed by atoms with Gasteiger partial charge in [-0.05, 0) is 61.0 Å². The minimum atomic E-state index is -0.472. The number of hydrogen-bond donors (Lipinski definition) is 1. The van der Waals surface area contributed by atoms with Crippen LogP contribution in [0.1, 0.15) is 18.9 Å². The molecule has 3 heterocycles. The van der Waals surface area contributed by atoms with Crippen LogP contribution in [0.15, 0.2) is 77.6 Å². The highest BCUT2D eigenvalue weighted by Gasteiger charge is 2.35. The van der Waals surface area contributed by atoms with Crippen molar-refractivity contribution in [2.45, 2.75) is 13.3 Å². The van der Waals surface area contributed by atoms with Crippen LogP contribution in [0.5, 0.6) is 5.75 Å². The number of rotatable bonds is 7. The van der Waals surface area contributed by atoms with Crippen molar-refractivity contribution in [2.75, 3.05) is 23.4 Å². The second-order valence-corrected chi connectivity index (χ2v) is 10.1. The van der Waals surface area contributed by atoms with E-state index in [0.29, 0.717) is 34.3 Å². The van der Waals surface area contributed by atoms with Crippen LogP contribution in [0, 0.1) is 5.82 Å². The molecule has 200 valence electrons. The summed E-state index contributed by atoms with van der Waals surface area (Å²) in [5.41, 5.74) is 1.94. The summed E-state index contributed by atoms with van der Waals surface area (Å²) >= 11 is 1.07. The zero-order valence-corrected chi connectivity index (χ0v) is 22.1. The highest BCUT2D eigenvalue weighted by atomic mass is 32.1. The Bertz CT molecular complexity index is 1870. The van der Waals surface area contributed by atoms with E-state index in [1.165, 1.54) is 33.7 Å². The molecule has 1 aliphatic rings. The largest absolute Gasteiger partial charge is 0.494 e. The standard InChI is InChI=1S/C29H22FN5O4S/c1-2-15-39-20-13-7-17(8-14-20)26-32-29-35(33-26)28(38)25(40-29)24-21-5-3-4-6-22(21)34(27(24)37)16-23(36)31-19-11-9-18(30)10-12-19/h3-14H,2,15-16H2,1H3,(H,31,36)/b25-24-. The van der Waals surface area contributed by atoms with Crippen molar-refractivity contribution in [3.63, 3.8) is 0 Å². The van der Waals surface area contributed by atoms with Crippen LogP contribution in [0.25, 0.3) is 21.9 Å². The fourth-order valence-corrected chi connectivity index (χ4v) is 5.46. The van der Waals surface area contributed by atoms with E-state index < -0.39 is 23.2 Å². The van der Waals surface area contributed by atoms with Gasteiger partial charge in [-0.3, -0.25) is 19.3 Å². The van der Waals surface area contributed by atoms with Crippen molar-refractivity contribution in [3.8, 4) is 17.1 Å². The summed E-state index contributed by atoms with van der Waals surface area (Å²) in [6.45, 7) is 2.37. The van der Waals surface area contributed by atoms with Gasteiger partial charge in [0.15, 0.2) is 5.82 Å². The fraction of sp³-hybridized carbons (Fsp3) is 0.138. The van der Waals surface area contributed by atoms with E-state index in [0.717, 1.165) is 29.1 Å². The first-order valence-electron chi connectivity index (χ1n) is 12.6. The van der Waals surface area contributed by atoms with E-state index in [1.54, 1.807) is 24.3 Å². The molecule has 0 saturated heterocycles. The number of para-hydroxylation sites is 1. The topological polar surface area (TPSA) is 106 Å². The minimum Gasteiger partial charge on any atom is -0.494 e. The Morgan fingerprint density at radius 3 is 2.50 bits per heavy atom. The highest BCUT2D eigenvalue weighted by Crippen LogP contribution is 2.35. The number of carbonyl (C=O) groups excluding carboxylic acids is 2. The number of nitrogens with one attached hydrogen (secondary N) is 1. The van der Waals surface area contributed by atoms with E-state index in [9.17, 15) is 18.8 Å². The molecule has 11 heteroatoms. The van der Waals surface area contributed by atoms with Gasteiger partial charge in [-0.1, -0.05) is 36.5 Å². The Morgan fingerprint density at radius 1 is 1.02 bits per heavy atom. The van der Waals surface area contributed by atoms with Gasteiger partial charge in [0.25, 0.3) is 11.5 Å². The number of fused-ring (bicyclic) bond motifs is 2. The quantitative estimate of drug-likeness (QED) is 0.329. The molecule has 6 rings (SSSR count). The highest BCUT2D eigenvalue weighted by molar-refractivity contribution is 7.15. The monoisotopic (exact) mass is 555 g/mol. The van der Waals surface area contributed by atoms with Crippen molar-refractivity contribution in [3.05, 3.63) is 99.1 Å². The lowest BCUT2D eigenvalue weighted by Crippen LogP contribution is -2.37. The maximum Gasteiger partial charge on any atom is 0.291 e. The van der Waals surface area contributed by atoms with Crippen molar-refractivity contribution in [1.82, 2.24) is 14.6 Å². The third-order valence-electron chi connectivity index (χ3n) is 6.32. The van der Waals surface area contributed by atoms with Gasteiger partial charge < -0.3 is 10.1 Å². The van der Waals surface area contributed by atoms with E-state index in [2.05, 4.69) is 15.4 Å². The first kappa shape index (κ1) is 25.4. The molecular formula is C29H22FN5O4S. The van der Waals surface area contributed by atoms with Gasteiger partial charge in [0.05, 0.1) is 17.9 Å². The zero-order chi connectivity index (χ0) is 27.8. The second-order valence-electron chi connectivity index (χ2n) is 9.08. The van der Waals surface area contributed by atoms with Crippen molar-refractivity contribution >= 4 is 45.1 Å². The predicted molar refractivity (Wildman–Crippen MR) is 150 cm³/mol. The van der Waals surface area contributed by atoms with Crippen LogP contribution in [0.2, 0.25) is 0 Å². The maximum absolute atomic E-state index is 13.6. The summed E-state index contributed by atoms with van der Waals surface area (Å²) in [6.07, 6.45) is 0.905. The van der Waals surface area contributed by atoms with Crippen LogP contribution in [0.4, 0.5) is 15.8 Å². The van der Waals surface area contributed by atoms with Crippen molar-refractivity contribution in [1.29, 1.82) is 0 Å². The molecule has 0 saturated carbocycles. The van der Waals surface area contributed by atoms with E-state index in [4.69, 9.17) is 4.74 Å². The Kier molecular flexibility index (Phi) is 6.56. The van der Waals surface area contributed by atoms with E-state index >= 15 is 0 Å². The fourth-order valence-electron chi connectivity index (χ4n) is 4.46. The van der Waals surface area contributed by atoms with Crippen LogP contribution in [0.3, 0.4) is 0 Å². The molecule has 0 atom stereocenters. The van der Waals surface area contributed by atoms with Gasteiger partial charge in [-0.25, -0.2) is 4.39 Å². The molecular weight excluding hydrogens is 533 g/mol. The van der Waals surface area contributed by atoms with Gasteiger partial charge in [0, 0.05) is 16.8 Å². The molecule has 2 aromatic heterocycles. The number of ether oxygens (including phenoxy) is 1. The predicted octanol–water partition coefficient (Wildman–Crippen LogP) is 3.65. The number of amides is 2. The van der Waals surface area contributed by atoms with Crippen LogP contribution in [-0.2, 0) is 9.59 Å². The molecule has 0 bridgehead atoms. The average molecular weight is 556 g/mol. The SMILES string of the molecule is CCCOc1ccc(-c2nc3s/c(=C4\C(=O)N(CC(=O)Nc5ccc(F)cc5)c5ccccc54)c(=O)n3n2)cc1. The number of hydrogen-bond acceptors (Lipinski definition) is 7. The van der Waals surface area contributed by atoms with Gasteiger partial charge >= 0.3 is 0 Å². The second kappa shape index (κ2) is 10.3. The number of anilines is 2. The summed E-state index contributed by atoms with van der Waals surface area (Å²) in [5.74, 6) is -0.229. The Hall–Kier alpha value is -4.90. The van der Waals surface area contributed by atoms with Crippen LogP contribution < -0.4 is 25.0 Å². The number of benzene rings is 3. The molecule has 3 aromatic carbocycles. The Morgan fingerprint density at radius 2 is 1.77 bits per heavy atom. The van der Waals surface area contributed by atoms with Gasteiger partial charge in [0.2, 0.25) is 10.9 Å². The Labute approximate surface area is 231 Å². The summed E-state index contributed by atoms with van der Waals surface area (Å²) in [5, 5.41) is 7.07. The lowest BCUT2D eigenvalue weighted by atomic mass is 10.1. The number of carbonyl (C=O) groups is 2.